The summed E-state index contributed by atoms with van der Waals surface area (Å²) in [6, 6.07) is -0.0356. The van der Waals surface area contributed by atoms with Crippen molar-refractivity contribution in [3.05, 3.63) is 0 Å². The molecule has 1 heterocycles. The minimum Gasteiger partial charge on any atom is -0.481 e. The van der Waals surface area contributed by atoms with Gasteiger partial charge in [-0.15, -0.1) is 0 Å². The van der Waals surface area contributed by atoms with Gasteiger partial charge in [0.1, 0.15) is 0 Å². The van der Waals surface area contributed by atoms with Crippen LogP contribution in [0.15, 0.2) is 0 Å². The minimum atomic E-state index is -0.748. The maximum absolute atomic E-state index is 11.8. The molecule has 1 aliphatic heterocycles. The van der Waals surface area contributed by atoms with Crippen molar-refractivity contribution in [2.45, 2.75) is 57.4 Å². The summed E-state index contributed by atoms with van der Waals surface area (Å²) in [6.45, 7) is 1.58. The molecule has 1 saturated heterocycles. The Morgan fingerprint density at radius 2 is 2.00 bits per heavy atom. The van der Waals surface area contributed by atoms with Gasteiger partial charge in [0, 0.05) is 13.0 Å². The average Bonchev–Trinajstić information content (AvgIpc) is 2.61. The Hall–Kier alpha value is -1.10. The van der Waals surface area contributed by atoms with E-state index in [0.29, 0.717) is 13.0 Å². The summed E-state index contributed by atoms with van der Waals surface area (Å²) in [4.78, 5) is 22.1. The fraction of sp³-hybridized carbons (Fsp3) is 0.846. The van der Waals surface area contributed by atoms with Crippen molar-refractivity contribution in [2.75, 3.05) is 13.1 Å². The predicted octanol–water partition coefficient (Wildman–Crippen LogP) is 1.28. The highest BCUT2D eigenvalue weighted by molar-refractivity contribution is 5.81. The van der Waals surface area contributed by atoms with Crippen LogP contribution in [0, 0.1) is 0 Å². The number of hydrogen-bond acceptors (Lipinski definition) is 3. The fourth-order valence-electron chi connectivity index (χ4n) is 2.17. The van der Waals surface area contributed by atoms with E-state index in [2.05, 4.69) is 10.6 Å². The van der Waals surface area contributed by atoms with Gasteiger partial charge in [0.2, 0.25) is 5.91 Å². The normalized spacial score (nSPS) is 20.1. The van der Waals surface area contributed by atoms with Crippen LogP contribution in [0.25, 0.3) is 0 Å². The molecule has 1 aliphatic rings. The maximum Gasteiger partial charge on any atom is 0.303 e. The molecule has 0 radical (unpaired) electrons. The second kappa shape index (κ2) is 8.91. The van der Waals surface area contributed by atoms with E-state index in [1.165, 1.54) is 6.42 Å². The Kier molecular flexibility index (Phi) is 7.41. The summed E-state index contributed by atoms with van der Waals surface area (Å²) in [7, 11) is 0. The molecule has 1 atom stereocenters. The zero-order valence-corrected chi connectivity index (χ0v) is 10.9. The van der Waals surface area contributed by atoms with Crippen molar-refractivity contribution in [3.63, 3.8) is 0 Å². The zero-order chi connectivity index (χ0) is 13.2. The maximum atomic E-state index is 11.8. The van der Waals surface area contributed by atoms with Crippen LogP contribution in [0.2, 0.25) is 0 Å². The molecule has 5 nitrogen and oxygen atoms in total. The first-order valence-electron chi connectivity index (χ1n) is 6.93. The third-order valence-electron chi connectivity index (χ3n) is 3.24. The number of unbranched alkanes of at least 4 members (excludes halogenated alkanes) is 2. The lowest BCUT2D eigenvalue weighted by molar-refractivity contribution is -0.137. The lowest BCUT2D eigenvalue weighted by atomic mass is 10.1. The molecule has 0 spiro atoms. The Balaban J connectivity index is 2.03. The van der Waals surface area contributed by atoms with Crippen LogP contribution < -0.4 is 10.6 Å². The molecule has 3 N–H and O–H groups in total. The van der Waals surface area contributed by atoms with Crippen LogP contribution in [-0.4, -0.2) is 36.1 Å². The van der Waals surface area contributed by atoms with Crippen molar-refractivity contribution < 1.29 is 14.7 Å². The third-order valence-corrected chi connectivity index (χ3v) is 3.24. The number of hydrogen-bond donors (Lipinski definition) is 3. The highest BCUT2D eigenvalue weighted by atomic mass is 16.4. The lowest BCUT2D eigenvalue weighted by Crippen LogP contribution is -2.43. The van der Waals surface area contributed by atoms with Gasteiger partial charge in [-0.05, 0) is 32.2 Å². The van der Waals surface area contributed by atoms with Gasteiger partial charge in [0.05, 0.1) is 6.04 Å². The molecule has 0 saturated carbocycles. The molecule has 104 valence electrons. The van der Waals surface area contributed by atoms with E-state index >= 15 is 0 Å². The SMILES string of the molecule is O=C(O)CCCCCNC(=O)C1CCCCCN1. The molecule has 5 heteroatoms. The molecule has 0 aromatic rings. The smallest absolute Gasteiger partial charge is 0.303 e. The van der Waals surface area contributed by atoms with Crippen LogP contribution in [0.4, 0.5) is 0 Å². The number of carbonyl (C=O) groups excluding carboxylic acids is 1. The van der Waals surface area contributed by atoms with Gasteiger partial charge < -0.3 is 15.7 Å². The zero-order valence-electron chi connectivity index (χ0n) is 10.9. The highest BCUT2D eigenvalue weighted by Gasteiger charge is 2.18. The van der Waals surface area contributed by atoms with Crippen LogP contribution in [-0.2, 0) is 9.59 Å². The Morgan fingerprint density at radius 1 is 1.17 bits per heavy atom. The molecular formula is C13H24N2O3. The summed E-state index contributed by atoms with van der Waals surface area (Å²) in [5.41, 5.74) is 0. The molecular weight excluding hydrogens is 232 g/mol. The van der Waals surface area contributed by atoms with E-state index < -0.39 is 5.97 Å². The number of carbonyl (C=O) groups is 2. The summed E-state index contributed by atoms with van der Waals surface area (Å²) in [5.74, 6) is -0.656. The molecule has 0 aromatic carbocycles. The average molecular weight is 256 g/mol. The molecule has 18 heavy (non-hydrogen) atoms. The molecule has 1 unspecified atom stereocenters. The first-order chi connectivity index (χ1) is 8.70. The second-order valence-electron chi connectivity index (χ2n) is 4.85. The number of amides is 1. The molecule has 1 amide bonds. The highest BCUT2D eigenvalue weighted by Crippen LogP contribution is 2.08. The topological polar surface area (TPSA) is 78.4 Å². The third kappa shape index (κ3) is 6.59. The first-order valence-corrected chi connectivity index (χ1v) is 6.93. The number of rotatable bonds is 7. The summed E-state index contributed by atoms with van der Waals surface area (Å²) >= 11 is 0. The van der Waals surface area contributed by atoms with Crippen molar-refractivity contribution in [1.29, 1.82) is 0 Å². The van der Waals surface area contributed by atoms with E-state index in [9.17, 15) is 9.59 Å². The van der Waals surface area contributed by atoms with Gasteiger partial charge in [0.25, 0.3) is 0 Å². The fourth-order valence-corrected chi connectivity index (χ4v) is 2.17. The van der Waals surface area contributed by atoms with Crippen molar-refractivity contribution in [1.82, 2.24) is 10.6 Å². The van der Waals surface area contributed by atoms with Gasteiger partial charge in [-0.3, -0.25) is 9.59 Å². The summed E-state index contributed by atoms with van der Waals surface area (Å²) < 4.78 is 0. The number of carboxylic acids is 1. The van der Waals surface area contributed by atoms with Crippen molar-refractivity contribution in [2.24, 2.45) is 0 Å². The van der Waals surface area contributed by atoms with E-state index in [1.54, 1.807) is 0 Å². The van der Waals surface area contributed by atoms with Crippen LogP contribution in [0.3, 0.4) is 0 Å². The van der Waals surface area contributed by atoms with Gasteiger partial charge in [-0.25, -0.2) is 0 Å². The lowest BCUT2D eigenvalue weighted by Gasteiger charge is -2.15. The number of nitrogens with one attached hydrogen (secondary N) is 2. The van der Waals surface area contributed by atoms with Crippen molar-refractivity contribution in [3.8, 4) is 0 Å². The Labute approximate surface area is 108 Å². The summed E-state index contributed by atoms with van der Waals surface area (Å²) in [6.07, 6.45) is 7.00. The largest absolute Gasteiger partial charge is 0.481 e. The van der Waals surface area contributed by atoms with Gasteiger partial charge >= 0.3 is 5.97 Å². The van der Waals surface area contributed by atoms with E-state index in [-0.39, 0.29) is 18.4 Å². The molecule has 0 aliphatic carbocycles. The number of aliphatic carboxylic acids is 1. The van der Waals surface area contributed by atoms with Crippen LogP contribution >= 0.6 is 0 Å². The van der Waals surface area contributed by atoms with E-state index in [4.69, 9.17) is 5.11 Å². The second-order valence-corrected chi connectivity index (χ2v) is 4.85. The van der Waals surface area contributed by atoms with Gasteiger partial charge in [-0.2, -0.15) is 0 Å². The van der Waals surface area contributed by atoms with Crippen molar-refractivity contribution >= 4 is 11.9 Å². The van der Waals surface area contributed by atoms with E-state index in [0.717, 1.165) is 38.6 Å². The molecule has 1 fully saturated rings. The van der Waals surface area contributed by atoms with E-state index in [1.807, 2.05) is 0 Å². The van der Waals surface area contributed by atoms with Gasteiger partial charge in [0.15, 0.2) is 0 Å². The predicted molar refractivity (Wildman–Crippen MR) is 69.4 cm³/mol. The standard InChI is InChI=1S/C13H24N2O3/c16-12(17)8-4-2-6-10-15-13(18)11-7-3-1-5-9-14-11/h11,14H,1-10H2,(H,15,18)(H,16,17). The first kappa shape index (κ1) is 15.0. The molecule has 0 aromatic heterocycles. The summed E-state index contributed by atoms with van der Waals surface area (Å²) in [5, 5.41) is 14.7. The molecule has 0 bridgehead atoms. The van der Waals surface area contributed by atoms with Gasteiger partial charge in [-0.1, -0.05) is 19.3 Å². The van der Waals surface area contributed by atoms with Crippen LogP contribution in [0.1, 0.15) is 51.4 Å². The van der Waals surface area contributed by atoms with Crippen LogP contribution in [0.5, 0.6) is 0 Å². The monoisotopic (exact) mass is 256 g/mol. The Morgan fingerprint density at radius 3 is 2.78 bits per heavy atom. The Bertz CT molecular complexity index is 261. The number of carboxylic acid groups (broad SMARTS) is 1. The molecule has 1 rings (SSSR count). The minimum absolute atomic E-state index is 0.0356. The quantitative estimate of drug-likeness (QED) is 0.600.